The van der Waals surface area contributed by atoms with Crippen molar-refractivity contribution in [2.45, 2.75) is 180 Å². The third-order valence-corrected chi connectivity index (χ3v) is 11.0. The molecule has 2 atom stereocenters. The summed E-state index contributed by atoms with van der Waals surface area (Å²) in [7, 11) is 1.11. The number of hydrogen-bond acceptors (Lipinski definition) is 8. The zero-order valence-electron chi connectivity index (χ0n) is 41.6. The molecule has 0 heterocycles. The van der Waals surface area contributed by atoms with E-state index < -0.39 is 32.5 Å². The van der Waals surface area contributed by atoms with Crippen molar-refractivity contribution in [1.29, 1.82) is 0 Å². The highest BCUT2D eigenvalue weighted by molar-refractivity contribution is 7.45. The zero-order chi connectivity index (χ0) is 47.8. The number of quaternary nitrogens is 1. The summed E-state index contributed by atoms with van der Waals surface area (Å²) in [6.45, 7) is 4.02. The minimum Gasteiger partial charge on any atom is -0.756 e. The van der Waals surface area contributed by atoms with E-state index in [9.17, 15) is 19.0 Å². The number of nitrogens with zero attached hydrogens (tertiary/aromatic N) is 1. The molecule has 0 amide bonds. The number of likely N-dealkylation sites (N-methyl/N-ethyl adjacent to an activating group) is 1. The van der Waals surface area contributed by atoms with E-state index in [2.05, 4.69) is 123 Å². The summed E-state index contributed by atoms with van der Waals surface area (Å²) in [6, 6.07) is 0. The first-order valence-corrected chi connectivity index (χ1v) is 26.6. The summed E-state index contributed by atoms with van der Waals surface area (Å²) < 4.78 is 34.0. The van der Waals surface area contributed by atoms with Gasteiger partial charge < -0.3 is 27.9 Å². The lowest BCUT2D eigenvalue weighted by atomic mass is 10.1. The topological polar surface area (TPSA) is 111 Å². The number of phosphoric ester groups is 1. The van der Waals surface area contributed by atoms with E-state index in [1.807, 2.05) is 21.1 Å². The van der Waals surface area contributed by atoms with Gasteiger partial charge in [-0.25, -0.2) is 0 Å². The summed E-state index contributed by atoms with van der Waals surface area (Å²) in [4.78, 5) is 37.7. The molecular formula is C55H92NO8P. The van der Waals surface area contributed by atoms with E-state index in [-0.39, 0.29) is 26.1 Å². The van der Waals surface area contributed by atoms with Crippen LogP contribution in [0.1, 0.15) is 174 Å². The third kappa shape index (κ3) is 49.9. The van der Waals surface area contributed by atoms with Crippen molar-refractivity contribution in [2.24, 2.45) is 0 Å². The van der Waals surface area contributed by atoms with Gasteiger partial charge in [0.1, 0.15) is 19.8 Å². The van der Waals surface area contributed by atoms with Crippen molar-refractivity contribution >= 4 is 19.8 Å². The number of allylic oxidation sites excluding steroid dienone is 18. The Bertz CT molecular complexity index is 1470. The van der Waals surface area contributed by atoms with Crippen LogP contribution in [0.3, 0.4) is 0 Å². The Labute approximate surface area is 397 Å². The van der Waals surface area contributed by atoms with Gasteiger partial charge in [0.25, 0.3) is 7.82 Å². The molecule has 0 bridgehead atoms. The van der Waals surface area contributed by atoms with Crippen LogP contribution in [0, 0.1) is 0 Å². The van der Waals surface area contributed by atoms with Crippen molar-refractivity contribution in [2.75, 3.05) is 47.5 Å². The van der Waals surface area contributed by atoms with Gasteiger partial charge in [0.2, 0.25) is 0 Å². The van der Waals surface area contributed by atoms with Crippen molar-refractivity contribution < 1.29 is 42.1 Å². The van der Waals surface area contributed by atoms with Gasteiger partial charge in [-0.1, -0.05) is 168 Å². The third-order valence-electron chi connectivity index (χ3n) is 10.0. The van der Waals surface area contributed by atoms with Crippen LogP contribution in [-0.2, 0) is 32.7 Å². The molecule has 370 valence electrons. The fourth-order valence-corrected chi connectivity index (χ4v) is 6.86. The molecule has 0 aromatic carbocycles. The van der Waals surface area contributed by atoms with Crippen LogP contribution in [-0.4, -0.2) is 70.0 Å². The lowest BCUT2D eigenvalue weighted by Crippen LogP contribution is -2.37. The number of ether oxygens (including phenoxy) is 2. The molecule has 0 aliphatic rings. The molecule has 0 saturated heterocycles. The Balaban J connectivity index is 4.40. The van der Waals surface area contributed by atoms with Crippen LogP contribution >= 0.6 is 7.82 Å². The van der Waals surface area contributed by atoms with Crippen LogP contribution in [0.25, 0.3) is 0 Å². The molecule has 0 radical (unpaired) electrons. The lowest BCUT2D eigenvalue weighted by Gasteiger charge is -2.28. The number of rotatable bonds is 44. The van der Waals surface area contributed by atoms with Crippen LogP contribution in [0.4, 0.5) is 0 Å². The maximum Gasteiger partial charge on any atom is 0.306 e. The molecule has 0 N–H and O–H groups in total. The monoisotopic (exact) mass is 926 g/mol. The Morgan fingerprint density at radius 3 is 1.32 bits per heavy atom. The minimum atomic E-state index is -4.65. The Morgan fingerprint density at radius 2 is 0.877 bits per heavy atom. The maximum atomic E-state index is 12.7. The molecule has 0 fully saturated rings. The lowest BCUT2D eigenvalue weighted by molar-refractivity contribution is -0.870. The van der Waals surface area contributed by atoms with Crippen molar-refractivity contribution in [3.63, 3.8) is 0 Å². The fraction of sp³-hybridized carbons (Fsp3) is 0.636. The standard InChI is InChI=1S/C55H92NO8P/c1-6-8-10-12-14-16-18-20-22-24-25-26-27-28-29-30-31-32-34-36-38-40-42-44-46-48-55(58)64-53(52-63-65(59,60)62-50-49-56(3,4)5)51-61-54(57)47-45-43-41-39-37-35-33-23-21-19-17-15-13-11-9-7-2/h8,10,14,16-17,19-20,22-23,25-26,28-29,31-33,36,38,53H,6-7,9,11-13,15,18,21,24,27,30,34-35,37,39-52H2,1-5H3/b10-8-,16-14-,19-17-,22-20-,26-25-,29-28-,32-31-,33-23-,38-36-. The summed E-state index contributed by atoms with van der Waals surface area (Å²) in [6.07, 6.45) is 62.6. The molecule has 65 heavy (non-hydrogen) atoms. The van der Waals surface area contributed by atoms with E-state index in [1.165, 1.54) is 32.1 Å². The number of carbonyl (C=O) groups is 2. The van der Waals surface area contributed by atoms with E-state index >= 15 is 0 Å². The number of esters is 2. The molecule has 0 spiro atoms. The molecular weight excluding hydrogens is 834 g/mol. The van der Waals surface area contributed by atoms with E-state index in [4.69, 9.17) is 18.5 Å². The molecule has 0 rings (SSSR count). The molecule has 0 saturated carbocycles. The molecule has 9 nitrogen and oxygen atoms in total. The first-order chi connectivity index (χ1) is 31.5. The van der Waals surface area contributed by atoms with E-state index in [0.717, 1.165) is 103 Å². The van der Waals surface area contributed by atoms with Gasteiger partial charge in [-0.3, -0.25) is 14.2 Å². The zero-order valence-corrected chi connectivity index (χ0v) is 42.5. The van der Waals surface area contributed by atoms with Crippen molar-refractivity contribution in [3.8, 4) is 0 Å². The van der Waals surface area contributed by atoms with Crippen LogP contribution < -0.4 is 4.89 Å². The van der Waals surface area contributed by atoms with Gasteiger partial charge >= 0.3 is 11.9 Å². The van der Waals surface area contributed by atoms with E-state index in [1.54, 1.807) is 0 Å². The fourth-order valence-electron chi connectivity index (χ4n) is 6.13. The largest absolute Gasteiger partial charge is 0.756 e. The SMILES string of the molecule is CC/C=C\C/C=C\C/C=C\C/C=C\C/C=C\C/C=C\C/C=C\CCCCCC(=O)OC(COC(=O)CCCCCCC/C=C\C/C=C\CCCCCC)COP(=O)([O-])OCC[N+](C)(C)C. The number of unbranched alkanes of at least 4 members (excludes halogenated alkanes) is 12. The average molecular weight is 926 g/mol. The predicted molar refractivity (Wildman–Crippen MR) is 272 cm³/mol. The Morgan fingerprint density at radius 1 is 0.492 bits per heavy atom. The first kappa shape index (κ1) is 61.7. The second-order valence-electron chi connectivity index (χ2n) is 17.4. The normalized spacial score (nSPS) is 14.4. The van der Waals surface area contributed by atoms with Gasteiger partial charge in [0.05, 0.1) is 27.7 Å². The molecule has 0 aromatic heterocycles. The minimum absolute atomic E-state index is 0.0466. The molecule has 2 unspecified atom stereocenters. The van der Waals surface area contributed by atoms with Gasteiger partial charge in [0.15, 0.2) is 6.10 Å². The number of hydrogen-bond donors (Lipinski definition) is 0. The Kier molecular flexibility index (Phi) is 43.5. The van der Waals surface area contributed by atoms with Gasteiger partial charge in [0, 0.05) is 12.8 Å². The highest BCUT2D eigenvalue weighted by Crippen LogP contribution is 2.38. The Hall–Kier alpha value is -3.33. The van der Waals surface area contributed by atoms with Crippen LogP contribution in [0.2, 0.25) is 0 Å². The number of phosphoric acid groups is 1. The molecule has 0 aromatic rings. The predicted octanol–water partition coefficient (Wildman–Crippen LogP) is 14.4. The summed E-state index contributed by atoms with van der Waals surface area (Å²) in [5.41, 5.74) is 0. The molecule has 10 heteroatoms. The van der Waals surface area contributed by atoms with Crippen molar-refractivity contribution in [1.82, 2.24) is 0 Å². The smallest absolute Gasteiger partial charge is 0.306 e. The summed E-state index contributed by atoms with van der Waals surface area (Å²) in [5.74, 6) is -0.899. The highest BCUT2D eigenvalue weighted by Gasteiger charge is 2.21. The maximum absolute atomic E-state index is 12.7. The van der Waals surface area contributed by atoms with Gasteiger partial charge in [-0.15, -0.1) is 0 Å². The second kappa shape index (κ2) is 45.8. The number of carbonyl (C=O) groups excluding carboxylic acids is 2. The highest BCUT2D eigenvalue weighted by atomic mass is 31.2. The molecule has 0 aliphatic carbocycles. The van der Waals surface area contributed by atoms with Gasteiger partial charge in [-0.2, -0.15) is 0 Å². The quantitative estimate of drug-likeness (QED) is 0.0195. The molecule has 0 aliphatic heterocycles. The average Bonchev–Trinajstić information content (AvgIpc) is 3.26. The second-order valence-corrected chi connectivity index (χ2v) is 18.9. The van der Waals surface area contributed by atoms with E-state index in [0.29, 0.717) is 23.9 Å². The van der Waals surface area contributed by atoms with Crippen molar-refractivity contribution in [3.05, 3.63) is 109 Å². The van der Waals surface area contributed by atoms with Crippen LogP contribution in [0.5, 0.6) is 0 Å². The van der Waals surface area contributed by atoms with Crippen LogP contribution in [0.15, 0.2) is 109 Å². The summed E-state index contributed by atoms with van der Waals surface area (Å²) in [5, 5.41) is 0. The van der Waals surface area contributed by atoms with Gasteiger partial charge in [-0.05, 0) is 103 Å². The summed E-state index contributed by atoms with van der Waals surface area (Å²) >= 11 is 0. The first-order valence-electron chi connectivity index (χ1n) is 25.1.